The van der Waals surface area contributed by atoms with Gasteiger partial charge in [0.15, 0.2) is 0 Å². The number of rotatable bonds is 3. The van der Waals surface area contributed by atoms with Gasteiger partial charge in [-0.1, -0.05) is 0 Å². The third kappa shape index (κ3) is 2.02. The van der Waals surface area contributed by atoms with Crippen LogP contribution in [0.15, 0.2) is 12.1 Å². The summed E-state index contributed by atoms with van der Waals surface area (Å²) in [5.41, 5.74) is 0.715. The molecular formula is C10H11FO3. The van der Waals surface area contributed by atoms with E-state index in [1.54, 1.807) is 0 Å². The molecule has 3 nitrogen and oxygen atoms in total. The maximum atomic E-state index is 13.1. The number of halogens is 1. The topological polar surface area (TPSA) is 46.5 Å². The number of hydrogen-bond donors (Lipinski definition) is 1. The van der Waals surface area contributed by atoms with Gasteiger partial charge in [0.2, 0.25) is 0 Å². The van der Waals surface area contributed by atoms with Gasteiger partial charge in [-0.2, -0.15) is 0 Å². The summed E-state index contributed by atoms with van der Waals surface area (Å²) in [7, 11) is 1.43. The summed E-state index contributed by atoms with van der Waals surface area (Å²) in [6, 6.07) is 2.69. The van der Waals surface area contributed by atoms with Crippen molar-refractivity contribution >= 4 is 5.97 Å². The van der Waals surface area contributed by atoms with Crippen LogP contribution in [-0.2, 0) is 11.2 Å². The maximum Gasteiger partial charge on any atom is 0.307 e. The highest BCUT2D eigenvalue weighted by molar-refractivity contribution is 5.72. The van der Waals surface area contributed by atoms with Gasteiger partial charge in [0.25, 0.3) is 0 Å². The van der Waals surface area contributed by atoms with E-state index in [0.717, 1.165) is 0 Å². The molecule has 0 saturated carbocycles. The molecule has 0 aliphatic carbocycles. The predicted molar refractivity (Wildman–Crippen MR) is 49.0 cm³/mol. The second-order valence-electron chi connectivity index (χ2n) is 2.92. The first kappa shape index (κ1) is 10.5. The van der Waals surface area contributed by atoms with Gasteiger partial charge in [-0.05, 0) is 24.6 Å². The van der Waals surface area contributed by atoms with Crippen molar-refractivity contribution in [3.05, 3.63) is 29.1 Å². The highest BCUT2D eigenvalue weighted by atomic mass is 19.1. The molecule has 76 valence electrons. The molecule has 0 aromatic heterocycles. The first-order chi connectivity index (χ1) is 6.56. The molecule has 1 aromatic carbocycles. The lowest BCUT2D eigenvalue weighted by molar-refractivity contribution is -0.136. The van der Waals surface area contributed by atoms with Crippen molar-refractivity contribution in [1.82, 2.24) is 0 Å². The SMILES string of the molecule is COc1ccc(F)c(C)c1CC(=O)O. The molecule has 1 rings (SSSR count). The fourth-order valence-corrected chi connectivity index (χ4v) is 1.27. The summed E-state index contributed by atoms with van der Waals surface area (Å²) < 4.78 is 18.0. The molecule has 0 saturated heterocycles. The fourth-order valence-electron chi connectivity index (χ4n) is 1.27. The Hall–Kier alpha value is -1.58. The number of ether oxygens (including phenoxy) is 1. The smallest absolute Gasteiger partial charge is 0.307 e. The minimum absolute atomic E-state index is 0.229. The van der Waals surface area contributed by atoms with E-state index in [1.807, 2.05) is 0 Å². The van der Waals surface area contributed by atoms with Crippen LogP contribution in [-0.4, -0.2) is 18.2 Å². The molecule has 14 heavy (non-hydrogen) atoms. The van der Waals surface area contributed by atoms with Gasteiger partial charge in [0, 0.05) is 5.56 Å². The molecule has 0 aliphatic heterocycles. The molecule has 0 unspecified atom stereocenters. The van der Waals surface area contributed by atoms with E-state index >= 15 is 0 Å². The molecule has 1 aromatic rings. The van der Waals surface area contributed by atoms with Crippen LogP contribution < -0.4 is 4.74 Å². The summed E-state index contributed by atoms with van der Waals surface area (Å²) >= 11 is 0. The van der Waals surface area contributed by atoms with E-state index in [9.17, 15) is 9.18 Å². The highest BCUT2D eigenvalue weighted by Crippen LogP contribution is 2.24. The monoisotopic (exact) mass is 198 g/mol. The Balaban J connectivity index is 3.20. The van der Waals surface area contributed by atoms with Crippen LogP contribution >= 0.6 is 0 Å². The number of benzene rings is 1. The second kappa shape index (κ2) is 4.09. The van der Waals surface area contributed by atoms with Gasteiger partial charge >= 0.3 is 5.97 Å². The summed E-state index contributed by atoms with van der Waals surface area (Å²) in [5.74, 6) is -1.01. The van der Waals surface area contributed by atoms with Crippen molar-refractivity contribution in [2.75, 3.05) is 7.11 Å². The largest absolute Gasteiger partial charge is 0.496 e. The quantitative estimate of drug-likeness (QED) is 0.805. The van der Waals surface area contributed by atoms with E-state index in [-0.39, 0.29) is 6.42 Å². The van der Waals surface area contributed by atoms with Crippen LogP contribution in [0.3, 0.4) is 0 Å². The zero-order chi connectivity index (χ0) is 10.7. The van der Waals surface area contributed by atoms with Crippen LogP contribution in [0.5, 0.6) is 5.75 Å². The first-order valence-corrected chi connectivity index (χ1v) is 4.10. The minimum atomic E-state index is -1.00. The molecule has 0 atom stereocenters. The molecular weight excluding hydrogens is 187 g/mol. The van der Waals surface area contributed by atoms with Crippen molar-refractivity contribution < 1.29 is 19.0 Å². The summed E-state index contributed by atoms with van der Waals surface area (Å²) in [6.45, 7) is 1.54. The number of carbonyl (C=O) groups is 1. The van der Waals surface area contributed by atoms with E-state index in [1.165, 1.54) is 26.2 Å². The van der Waals surface area contributed by atoms with Crippen molar-refractivity contribution in [1.29, 1.82) is 0 Å². The van der Waals surface area contributed by atoms with E-state index < -0.39 is 11.8 Å². The molecule has 1 N–H and O–H groups in total. The van der Waals surface area contributed by atoms with E-state index in [0.29, 0.717) is 16.9 Å². The van der Waals surface area contributed by atoms with Crippen LogP contribution in [0, 0.1) is 12.7 Å². The lowest BCUT2D eigenvalue weighted by atomic mass is 10.0. The second-order valence-corrected chi connectivity index (χ2v) is 2.92. The molecule has 0 heterocycles. The van der Waals surface area contributed by atoms with Gasteiger partial charge in [0.05, 0.1) is 13.5 Å². The first-order valence-electron chi connectivity index (χ1n) is 4.10. The highest BCUT2D eigenvalue weighted by Gasteiger charge is 2.13. The van der Waals surface area contributed by atoms with E-state index in [4.69, 9.17) is 9.84 Å². The van der Waals surface area contributed by atoms with Gasteiger partial charge in [0.1, 0.15) is 11.6 Å². The summed E-state index contributed by atoms with van der Waals surface area (Å²) in [4.78, 5) is 10.5. The van der Waals surface area contributed by atoms with Crippen LogP contribution in [0.4, 0.5) is 4.39 Å². The molecule has 0 amide bonds. The third-order valence-electron chi connectivity index (χ3n) is 2.04. The van der Waals surface area contributed by atoms with E-state index in [2.05, 4.69) is 0 Å². The number of carboxylic acid groups (broad SMARTS) is 1. The Morgan fingerprint density at radius 1 is 1.57 bits per heavy atom. The predicted octanol–water partition coefficient (Wildman–Crippen LogP) is 1.77. The molecule has 0 bridgehead atoms. The van der Waals surface area contributed by atoms with Crippen molar-refractivity contribution in [3.8, 4) is 5.75 Å². The summed E-state index contributed by atoms with van der Waals surface area (Å²) in [6.07, 6.45) is -0.229. The van der Waals surface area contributed by atoms with Crippen LogP contribution in [0.2, 0.25) is 0 Å². The molecule has 0 radical (unpaired) electrons. The average molecular weight is 198 g/mol. The van der Waals surface area contributed by atoms with Gasteiger partial charge < -0.3 is 9.84 Å². The number of methoxy groups -OCH3 is 1. The number of hydrogen-bond acceptors (Lipinski definition) is 2. The third-order valence-corrected chi connectivity index (χ3v) is 2.04. The van der Waals surface area contributed by atoms with Crippen molar-refractivity contribution in [3.63, 3.8) is 0 Å². The lowest BCUT2D eigenvalue weighted by Gasteiger charge is -2.10. The Morgan fingerprint density at radius 3 is 2.71 bits per heavy atom. The molecule has 0 aliphatic rings. The average Bonchev–Trinajstić information content (AvgIpc) is 2.13. The Kier molecular flexibility index (Phi) is 3.06. The van der Waals surface area contributed by atoms with Crippen molar-refractivity contribution in [2.45, 2.75) is 13.3 Å². The Bertz CT molecular complexity index is 361. The van der Waals surface area contributed by atoms with Crippen molar-refractivity contribution in [2.24, 2.45) is 0 Å². The molecule has 0 spiro atoms. The number of carboxylic acids is 1. The zero-order valence-electron chi connectivity index (χ0n) is 8.00. The number of aliphatic carboxylic acids is 1. The Morgan fingerprint density at radius 2 is 2.21 bits per heavy atom. The summed E-state index contributed by atoms with van der Waals surface area (Å²) in [5, 5.41) is 8.62. The normalized spacial score (nSPS) is 9.93. The molecule has 4 heteroatoms. The molecule has 0 fully saturated rings. The lowest BCUT2D eigenvalue weighted by Crippen LogP contribution is -2.05. The van der Waals surface area contributed by atoms with Gasteiger partial charge in [-0.25, -0.2) is 4.39 Å². The van der Waals surface area contributed by atoms with Crippen LogP contribution in [0.1, 0.15) is 11.1 Å². The standard InChI is InChI=1S/C10H11FO3/c1-6-7(5-10(12)13)9(14-2)4-3-8(6)11/h3-4H,5H2,1-2H3,(H,12,13). The fraction of sp³-hybridized carbons (Fsp3) is 0.300. The van der Waals surface area contributed by atoms with Crippen LogP contribution in [0.25, 0.3) is 0 Å². The zero-order valence-corrected chi connectivity index (χ0v) is 8.00. The van der Waals surface area contributed by atoms with Gasteiger partial charge in [-0.3, -0.25) is 4.79 Å². The Labute approximate surface area is 81.1 Å². The minimum Gasteiger partial charge on any atom is -0.496 e. The maximum absolute atomic E-state index is 13.1. The van der Waals surface area contributed by atoms with Gasteiger partial charge in [-0.15, -0.1) is 0 Å².